The molecule has 2 aromatic rings. The lowest BCUT2D eigenvalue weighted by molar-refractivity contribution is -0.0533. The molecule has 0 aliphatic heterocycles. The zero-order valence-electron chi connectivity index (χ0n) is 12.3. The van der Waals surface area contributed by atoms with E-state index >= 15 is 0 Å². The number of rotatable bonds is 5. The predicted octanol–water partition coefficient (Wildman–Crippen LogP) is 3.89. The van der Waals surface area contributed by atoms with Crippen molar-refractivity contribution in [3.05, 3.63) is 58.2 Å². The summed E-state index contributed by atoms with van der Waals surface area (Å²) in [6.45, 7) is -3.33. The molecule has 1 amide bonds. The van der Waals surface area contributed by atoms with Crippen LogP contribution in [-0.2, 0) is 6.54 Å². The second kappa shape index (κ2) is 7.48. The number of hydrogen-bond donors (Lipinski definition) is 0. The molecule has 0 saturated heterocycles. The first-order valence-corrected chi connectivity index (χ1v) is 6.95. The SMILES string of the molecule is CN(Cc1cc(F)cc(F)c1)C(=O)c1cc(Cl)cnc1OC(F)F. The molecular formula is C15H11ClF4N2O2. The van der Waals surface area contributed by atoms with Crippen molar-refractivity contribution in [2.45, 2.75) is 13.2 Å². The molecule has 9 heteroatoms. The maximum Gasteiger partial charge on any atom is 0.388 e. The Morgan fingerprint density at radius 1 is 1.25 bits per heavy atom. The maximum atomic E-state index is 13.2. The molecule has 2 rings (SSSR count). The van der Waals surface area contributed by atoms with Crippen LogP contribution in [0.25, 0.3) is 0 Å². The highest BCUT2D eigenvalue weighted by molar-refractivity contribution is 6.30. The fraction of sp³-hybridized carbons (Fsp3) is 0.200. The Balaban J connectivity index is 2.25. The fourth-order valence-corrected chi connectivity index (χ4v) is 2.17. The van der Waals surface area contributed by atoms with E-state index in [1.807, 2.05) is 0 Å². The highest BCUT2D eigenvalue weighted by Gasteiger charge is 2.21. The summed E-state index contributed by atoms with van der Waals surface area (Å²) in [5, 5.41) is 0.0465. The predicted molar refractivity (Wildman–Crippen MR) is 78.0 cm³/mol. The number of carbonyl (C=O) groups excluding carboxylic acids is 1. The molecule has 0 fully saturated rings. The molecule has 0 spiro atoms. The summed E-state index contributed by atoms with van der Waals surface area (Å²) in [6.07, 6.45) is 1.05. The topological polar surface area (TPSA) is 42.4 Å². The quantitative estimate of drug-likeness (QED) is 0.758. The molecule has 0 aliphatic rings. The number of ether oxygens (including phenoxy) is 1. The van der Waals surface area contributed by atoms with Gasteiger partial charge in [-0.1, -0.05) is 11.6 Å². The van der Waals surface area contributed by atoms with Crippen molar-refractivity contribution >= 4 is 17.5 Å². The second-order valence-electron chi connectivity index (χ2n) is 4.82. The van der Waals surface area contributed by atoms with Gasteiger partial charge in [0, 0.05) is 25.9 Å². The largest absolute Gasteiger partial charge is 0.416 e. The monoisotopic (exact) mass is 362 g/mol. The van der Waals surface area contributed by atoms with Crippen LogP contribution >= 0.6 is 11.6 Å². The Morgan fingerprint density at radius 3 is 2.46 bits per heavy atom. The third kappa shape index (κ3) is 4.58. The first-order valence-electron chi connectivity index (χ1n) is 6.57. The smallest absolute Gasteiger partial charge is 0.388 e. The minimum absolute atomic E-state index is 0.0465. The normalized spacial score (nSPS) is 10.8. The van der Waals surface area contributed by atoms with Gasteiger partial charge in [0.2, 0.25) is 5.88 Å². The number of halogens is 5. The Labute approximate surface area is 139 Å². The van der Waals surface area contributed by atoms with Gasteiger partial charge in [-0.3, -0.25) is 4.79 Å². The standard InChI is InChI=1S/C15H11ClF4N2O2/c1-22(7-8-2-10(17)5-11(18)3-8)14(23)12-4-9(16)6-21-13(12)24-15(19)20/h2-6,15H,7H2,1H3. The van der Waals surface area contributed by atoms with E-state index in [9.17, 15) is 22.4 Å². The summed E-state index contributed by atoms with van der Waals surface area (Å²) in [5.74, 6) is -2.92. The van der Waals surface area contributed by atoms with Crippen LogP contribution in [-0.4, -0.2) is 29.5 Å². The number of carbonyl (C=O) groups is 1. The van der Waals surface area contributed by atoms with Crippen LogP contribution in [0.3, 0.4) is 0 Å². The molecule has 1 heterocycles. The molecule has 0 N–H and O–H groups in total. The van der Waals surface area contributed by atoms with Crippen LogP contribution < -0.4 is 4.74 Å². The third-order valence-electron chi connectivity index (χ3n) is 2.94. The summed E-state index contributed by atoms with van der Waals surface area (Å²) in [4.78, 5) is 17.0. The molecule has 0 aliphatic carbocycles. The van der Waals surface area contributed by atoms with Crippen LogP contribution in [0.1, 0.15) is 15.9 Å². The van der Waals surface area contributed by atoms with E-state index in [-0.39, 0.29) is 22.7 Å². The number of alkyl halides is 2. The van der Waals surface area contributed by atoms with Gasteiger partial charge >= 0.3 is 6.61 Å². The highest BCUT2D eigenvalue weighted by atomic mass is 35.5. The van der Waals surface area contributed by atoms with E-state index in [2.05, 4.69) is 9.72 Å². The van der Waals surface area contributed by atoms with Crippen molar-refractivity contribution in [2.24, 2.45) is 0 Å². The van der Waals surface area contributed by atoms with Crippen molar-refractivity contribution in [1.82, 2.24) is 9.88 Å². The van der Waals surface area contributed by atoms with Gasteiger partial charge < -0.3 is 9.64 Å². The Hall–Kier alpha value is -2.35. The van der Waals surface area contributed by atoms with Crippen molar-refractivity contribution in [1.29, 1.82) is 0 Å². The summed E-state index contributed by atoms with van der Waals surface area (Å²) in [5.41, 5.74) is -0.100. The van der Waals surface area contributed by atoms with Crippen molar-refractivity contribution in [3.8, 4) is 5.88 Å². The molecule has 0 saturated carbocycles. The first-order chi connectivity index (χ1) is 11.3. The van der Waals surface area contributed by atoms with E-state index < -0.39 is 30.0 Å². The number of nitrogens with zero attached hydrogens (tertiary/aromatic N) is 2. The van der Waals surface area contributed by atoms with Crippen LogP contribution in [0.4, 0.5) is 17.6 Å². The highest BCUT2D eigenvalue weighted by Crippen LogP contribution is 2.23. The van der Waals surface area contributed by atoms with Crippen molar-refractivity contribution in [3.63, 3.8) is 0 Å². The van der Waals surface area contributed by atoms with E-state index in [0.717, 1.165) is 29.3 Å². The molecule has 0 unspecified atom stereocenters. The average molecular weight is 363 g/mol. The molecule has 0 radical (unpaired) electrons. The average Bonchev–Trinajstić information content (AvgIpc) is 2.46. The van der Waals surface area contributed by atoms with Gasteiger partial charge in [-0.05, 0) is 23.8 Å². The molecule has 4 nitrogen and oxygen atoms in total. The molecule has 128 valence electrons. The van der Waals surface area contributed by atoms with Crippen LogP contribution in [0.2, 0.25) is 5.02 Å². The van der Waals surface area contributed by atoms with Crippen LogP contribution in [0.15, 0.2) is 30.5 Å². The summed E-state index contributed by atoms with van der Waals surface area (Å²) in [7, 11) is 1.33. The van der Waals surface area contributed by atoms with Gasteiger partial charge in [0.15, 0.2) is 0 Å². The molecule has 0 bridgehead atoms. The van der Waals surface area contributed by atoms with Crippen molar-refractivity contribution in [2.75, 3.05) is 7.05 Å². The Bertz CT molecular complexity index is 738. The van der Waals surface area contributed by atoms with Crippen molar-refractivity contribution < 1.29 is 27.1 Å². The van der Waals surface area contributed by atoms with Crippen LogP contribution in [0, 0.1) is 11.6 Å². The van der Waals surface area contributed by atoms with E-state index in [1.54, 1.807) is 0 Å². The minimum Gasteiger partial charge on any atom is -0.416 e. The van der Waals surface area contributed by atoms with Gasteiger partial charge in [-0.2, -0.15) is 8.78 Å². The van der Waals surface area contributed by atoms with Gasteiger partial charge in [0.05, 0.1) is 5.02 Å². The zero-order chi connectivity index (χ0) is 17.9. The summed E-state index contributed by atoms with van der Waals surface area (Å²) >= 11 is 5.73. The zero-order valence-corrected chi connectivity index (χ0v) is 13.0. The maximum absolute atomic E-state index is 13.2. The molecule has 24 heavy (non-hydrogen) atoms. The van der Waals surface area contributed by atoms with Crippen LogP contribution in [0.5, 0.6) is 5.88 Å². The molecule has 0 atom stereocenters. The number of hydrogen-bond acceptors (Lipinski definition) is 3. The number of pyridine rings is 1. The van der Waals surface area contributed by atoms with Gasteiger partial charge in [-0.15, -0.1) is 0 Å². The lowest BCUT2D eigenvalue weighted by Gasteiger charge is -2.19. The van der Waals surface area contributed by atoms with Gasteiger partial charge in [0.1, 0.15) is 17.2 Å². The lowest BCUT2D eigenvalue weighted by atomic mass is 10.2. The molecular weight excluding hydrogens is 352 g/mol. The number of benzene rings is 1. The number of aromatic nitrogens is 1. The van der Waals surface area contributed by atoms with Gasteiger partial charge in [0.25, 0.3) is 5.91 Å². The van der Waals surface area contributed by atoms with E-state index in [0.29, 0.717) is 6.07 Å². The van der Waals surface area contributed by atoms with E-state index in [4.69, 9.17) is 11.6 Å². The fourth-order valence-electron chi connectivity index (χ4n) is 2.01. The van der Waals surface area contributed by atoms with E-state index in [1.165, 1.54) is 7.05 Å². The summed E-state index contributed by atoms with van der Waals surface area (Å²) in [6, 6.07) is 3.93. The van der Waals surface area contributed by atoms with Gasteiger partial charge in [-0.25, -0.2) is 13.8 Å². The first kappa shape index (κ1) is 18.0. The molecule has 1 aromatic heterocycles. The number of amides is 1. The second-order valence-corrected chi connectivity index (χ2v) is 5.26. The lowest BCUT2D eigenvalue weighted by Crippen LogP contribution is -2.27. The summed E-state index contributed by atoms with van der Waals surface area (Å²) < 4.78 is 55.4. The minimum atomic E-state index is -3.17. The Morgan fingerprint density at radius 2 is 1.88 bits per heavy atom. The third-order valence-corrected chi connectivity index (χ3v) is 3.14. The molecule has 1 aromatic carbocycles. The Kier molecular flexibility index (Phi) is 5.61.